The molecule has 6 heteroatoms. The van der Waals surface area contributed by atoms with Crippen LogP contribution in [0.2, 0.25) is 0 Å². The average Bonchev–Trinajstić information content (AvgIpc) is 2.33. The molecule has 0 fully saturated rings. The van der Waals surface area contributed by atoms with Gasteiger partial charge in [-0.25, -0.2) is 13.1 Å². The minimum absolute atomic E-state index is 0.0118. The van der Waals surface area contributed by atoms with E-state index >= 15 is 0 Å². The van der Waals surface area contributed by atoms with Crippen molar-refractivity contribution >= 4 is 21.6 Å². The Labute approximate surface area is 114 Å². The summed E-state index contributed by atoms with van der Waals surface area (Å²) in [5.41, 5.74) is 0.797. The first kappa shape index (κ1) is 15.7. The molecule has 5 nitrogen and oxygen atoms in total. The molecule has 0 unspecified atom stereocenters. The minimum Gasteiger partial charge on any atom is -0.326 e. The van der Waals surface area contributed by atoms with Crippen molar-refractivity contribution in [2.75, 3.05) is 18.1 Å². The summed E-state index contributed by atoms with van der Waals surface area (Å²) in [6, 6.07) is 9.31. The van der Waals surface area contributed by atoms with Crippen molar-refractivity contribution in [3.05, 3.63) is 30.3 Å². The fourth-order valence-electron chi connectivity index (χ4n) is 1.59. The van der Waals surface area contributed by atoms with E-state index in [4.69, 9.17) is 0 Å². The highest BCUT2D eigenvalue weighted by Crippen LogP contribution is 2.07. The monoisotopic (exact) mass is 284 g/mol. The summed E-state index contributed by atoms with van der Waals surface area (Å²) in [5, 5.41) is 2.81. The maximum atomic E-state index is 11.6. The second kappa shape index (κ2) is 7.91. The quantitative estimate of drug-likeness (QED) is 0.714. The zero-order valence-electron chi connectivity index (χ0n) is 11.1. The molecule has 0 bridgehead atoms. The molecule has 0 saturated carbocycles. The van der Waals surface area contributed by atoms with Gasteiger partial charge in [-0.15, -0.1) is 0 Å². The number of amides is 1. The van der Waals surface area contributed by atoms with E-state index in [1.807, 2.05) is 30.3 Å². The summed E-state index contributed by atoms with van der Waals surface area (Å²) in [4.78, 5) is 11.6. The van der Waals surface area contributed by atoms with Crippen LogP contribution in [0.25, 0.3) is 0 Å². The summed E-state index contributed by atoms with van der Waals surface area (Å²) in [7, 11) is -3.10. The second-order valence-electron chi connectivity index (χ2n) is 4.39. The molecule has 2 N–H and O–H groups in total. The Kier molecular flexibility index (Phi) is 6.52. The van der Waals surface area contributed by atoms with Crippen LogP contribution in [0.4, 0.5) is 5.69 Å². The van der Waals surface area contributed by atoms with E-state index in [1.54, 1.807) is 0 Å². The molecule has 106 valence electrons. The number of sulfonamides is 1. The largest absolute Gasteiger partial charge is 0.326 e. The highest BCUT2D eigenvalue weighted by atomic mass is 32.2. The minimum atomic E-state index is -3.10. The van der Waals surface area contributed by atoms with Gasteiger partial charge in [-0.1, -0.05) is 24.6 Å². The molecule has 0 saturated heterocycles. The van der Waals surface area contributed by atoms with Crippen molar-refractivity contribution in [3.8, 4) is 0 Å². The summed E-state index contributed by atoms with van der Waals surface area (Å²) >= 11 is 0. The van der Waals surface area contributed by atoms with E-state index in [9.17, 15) is 13.2 Å². The number of benzene rings is 1. The van der Waals surface area contributed by atoms with Gasteiger partial charge in [0.15, 0.2) is 0 Å². The Morgan fingerprint density at radius 3 is 2.42 bits per heavy atom. The Morgan fingerprint density at radius 2 is 1.79 bits per heavy atom. The zero-order chi connectivity index (χ0) is 14.1. The van der Waals surface area contributed by atoms with Crippen molar-refractivity contribution in [1.82, 2.24) is 4.72 Å². The van der Waals surface area contributed by atoms with Crippen LogP contribution in [0.15, 0.2) is 30.3 Å². The van der Waals surface area contributed by atoms with Gasteiger partial charge in [0.05, 0.1) is 6.26 Å². The average molecular weight is 284 g/mol. The zero-order valence-corrected chi connectivity index (χ0v) is 11.9. The Bertz CT molecular complexity index is 486. The lowest BCUT2D eigenvalue weighted by atomic mass is 10.2. The van der Waals surface area contributed by atoms with E-state index in [2.05, 4.69) is 10.0 Å². The van der Waals surface area contributed by atoms with Crippen LogP contribution >= 0.6 is 0 Å². The van der Waals surface area contributed by atoms with Crippen molar-refractivity contribution in [2.45, 2.75) is 25.7 Å². The first-order chi connectivity index (χ1) is 8.97. The van der Waals surface area contributed by atoms with Crippen LogP contribution in [0.3, 0.4) is 0 Å². The lowest BCUT2D eigenvalue weighted by Crippen LogP contribution is -2.22. The molecule has 0 aliphatic rings. The smallest absolute Gasteiger partial charge is 0.224 e. The van der Waals surface area contributed by atoms with E-state index in [0.717, 1.165) is 31.2 Å². The summed E-state index contributed by atoms with van der Waals surface area (Å²) in [6.07, 6.45) is 3.91. The van der Waals surface area contributed by atoms with Gasteiger partial charge in [-0.2, -0.15) is 0 Å². The number of rotatable bonds is 8. The molecule has 0 atom stereocenters. The number of para-hydroxylation sites is 1. The molecule has 0 radical (unpaired) electrons. The van der Waals surface area contributed by atoms with Crippen molar-refractivity contribution in [1.29, 1.82) is 0 Å². The molecule has 0 aromatic heterocycles. The predicted molar refractivity (Wildman–Crippen MR) is 76.4 cm³/mol. The molecular weight excluding hydrogens is 264 g/mol. The van der Waals surface area contributed by atoms with Crippen molar-refractivity contribution in [2.24, 2.45) is 0 Å². The predicted octanol–water partition coefficient (Wildman–Crippen LogP) is 1.73. The second-order valence-corrected chi connectivity index (χ2v) is 6.22. The maximum Gasteiger partial charge on any atom is 0.224 e. The molecule has 1 aromatic carbocycles. The SMILES string of the molecule is CS(=O)(=O)NCCCCCC(=O)Nc1ccccc1. The molecule has 0 heterocycles. The summed E-state index contributed by atoms with van der Waals surface area (Å²) in [5.74, 6) is -0.0118. The normalized spacial score (nSPS) is 11.2. The van der Waals surface area contributed by atoms with Crippen LogP contribution in [-0.2, 0) is 14.8 Å². The third kappa shape index (κ3) is 8.34. The fraction of sp³-hybridized carbons (Fsp3) is 0.462. The van der Waals surface area contributed by atoms with Crippen LogP contribution < -0.4 is 10.0 Å². The molecule has 1 rings (SSSR count). The van der Waals surface area contributed by atoms with E-state index < -0.39 is 10.0 Å². The van der Waals surface area contributed by atoms with E-state index in [0.29, 0.717) is 13.0 Å². The number of unbranched alkanes of at least 4 members (excludes halogenated alkanes) is 2. The van der Waals surface area contributed by atoms with Crippen LogP contribution in [-0.4, -0.2) is 27.1 Å². The Balaban J connectivity index is 2.08. The highest BCUT2D eigenvalue weighted by molar-refractivity contribution is 7.88. The Morgan fingerprint density at radius 1 is 1.11 bits per heavy atom. The van der Waals surface area contributed by atoms with Crippen molar-refractivity contribution < 1.29 is 13.2 Å². The molecular formula is C13H20N2O3S. The van der Waals surface area contributed by atoms with E-state index in [1.165, 1.54) is 0 Å². The van der Waals surface area contributed by atoms with Gasteiger partial charge < -0.3 is 5.32 Å². The first-order valence-corrected chi connectivity index (χ1v) is 8.16. The summed E-state index contributed by atoms with van der Waals surface area (Å²) in [6.45, 7) is 0.430. The number of carbonyl (C=O) groups is 1. The van der Waals surface area contributed by atoms with Crippen molar-refractivity contribution in [3.63, 3.8) is 0 Å². The number of carbonyl (C=O) groups excluding carboxylic acids is 1. The number of hydrogen-bond donors (Lipinski definition) is 2. The third-order valence-corrected chi connectivity index (χ3v) is 3.23. The molecule has 0 aliphatic heterocycles. The van der Waals surface area contributed by atoms with Gasteiger partial charge in [0.1, 0.15) is 0 Å². The third-order valence-electron chi connectivity index (χ3n) is 2.50. The standard InChI is InChI=1S/C13H20N2O3S/c1-19(17,18)14-11-7-3-6-10-13(16)15-12-8-4-2-5-9-12/h2,4-5,8-9,14H,3,6-7,10-11H2,1H3,(H,15,16). The van der Waals surface area contributed by atoms with Gasteiger partial charge in [-0.05, 0) is 25.0 Å². The maximum absolute atomic E-state index is 11.6. The van der Waals surface area contributed by atoms with Gasteiger partial charge in [0, 0.05) is 18.7 Å². The first-order valence-electron chi connectivity index (χ1n) is 6.27. The van der Waals surface area contributed by atoms with Gasteiger partial charge in [0.2, 0.25) is 15.9 Å². The van der Waals surface area contributed by atoms with Crippen LogP contribution in [0.1, 0.15) is 25.7 Å². The lowest BCUT2D eigenvalue weighted by molar-refractivity contribution is -0.116. The van der Waals surface area contributed by atoms with E-state index in [-0.39, 0.29) is 5.91 Å². The van der Waals surface area contributed by atoms with Gasteiger partial charge in [0.25, 0.3) is 0 Å². The topological polar surface area (TPSA) is 75.3 Å². The van der Waals surface area contributed by atoms with Gasteiger partial charge in [-0.3, -0.25) is 4.79 Å². The highest BCUT2D eigenvalue weighted by Gasteiger charge is 2.02. The molecule has 1 aromatic rings. The van der Waals surface area contributed by atoms with Crippen LogP contribution in [0.5, 0.6) is 0 Å². The molecule has 1 amide bonds. The van der Waals surface area contributed by atoms with Crippen LogP contribution in [0, 0.1) is 0 Å². The molecule has 19 heavy (non-hydrogen) atoms. The van der Waals surface area contributed by atoms with Gasteiger partial charge >= 0.3 is 0 Å². The number of hydrogen-bond acceptors (Lipinski definition) is 3. The number of nitrogens with one attached hydrogen (secondary N) is 2. The lowest BCUT2D eigenvalue weighted by Gasteiger charge is -2.05. The summed E-state index contributed by atoms with van der Waals surface area (Å²) < 4.78 is 24.0. The molecule has 0 aliphatic carbocycles. The number of anilines is 1. The Hall–Kier alpha value is -1.40. The fourth-order valence-corrected chi connectivity index (χ4v) is 2.11. The molecule has 0 spiro atoms.